The zero-order valence-electron chi connectivity index (χ0n) is 11.3. The van der Waals surface area contributed by atoms with E-state index >= 15 is 0 Å². The summed E-state index contributed by atoms with van der Waals surface area (Å²) >= 11 is 0. The summed E-state index contributed by atoms with van der Waals surface area (Å²) in [5.74, 6) is -1.54. The van der Waals surface area contributed by atoms with Crippen LogP contribution in [-0.2, 0) is 9.53 Å². The number of ether oxygens (including phenoxy) is 1. The number of amides is 1. The molecule has 2 fully saturated rings. The van der Waals surface area contributed by atoms with Crippen LogP contribution in [0, 0.1) is 5.92 Å². The fourth-order valence-corrected chi connectivity index (χ4v) is 2.71. The van der Waals surface area contributed by atoms with Gasteiger partial charge in [-0.1, -0.05) is 0 Å². The SMILES string of the molecule is O=C(NCCC1CCCO1)C1CCC(C(F)(F)F)CN1. The molecule has 0 aliphatic carbocycles. The van der Waals surface area contributed by atoms with Crippen molar-refractivity contribution < 1.29 is 22.7 Å². The zero-order valence-corrected chi connectivity index (χ0v) is 11.3. The smallest absolute Gasteiger partial charge is 0.378 e. The Balaban J connectivity index is 1.64. The molecule has 3 atom stereocenters. The maximum Gasteiger partial charge on any atom is 0.393 e. The number of rotatable bonds is 4. The Morgan fingerprint density at radius 3 is 2.65 bits per heavy atom. The maximum atomic E-state index is 12.5. The average molecular weight is 294 g/mol. The van der Waals surface area contributed by atoms with E-state index in [0.717, 1.165) is 25.9 Å². The van der Waals surface area contributed by atoms with E-state index in [1.807, 2.05) is 0 Å². The van der Waals surface area contributed by atoms with Crippen molar-refractivity contribution >= 4 is 5.91 Å². The van der Waals surface area contributed by atoms with Crippen molar-refractivity contribution in [1.82, 2.24) is 10.6 Å². The van der Waals surface area contributed by atoms with Gasteiger partial charge in [0.1, 0.15) is 0 Å². The second-order valence-corrected chi connectivity index (χ2v) is 5.49. The van der Waals surface area contributed by atoms with Gasteiger partial charge in [0.25, 0.3) is 0 Å². The van der Waals surface area contributed by atoms with Crippen molar-refractivity contribution in [2.75, 3.05) is 19.7 Å². The highest BCUT2D eigenvalue weighted by atomic mass is 19.4. The second-order valence-electron chi connectivity index (χ2n) is 5.49. The topological polar surface area (TPSA) is 50.4 Å². The molecule has 1 amide bonds. The number of nitrogens with one attached hydrogen (secondary N) is 2. The van der Waals surface area contributed by atoms with E-state index < -0.39 is 18.1 Å². The number of carbonyl (C=O) groups is 1. The number of hydrogen-bond acceptors (Lipinski definition) is 3. The highest BCUT2D eigenvalue weighted by molar-refractivity contribution is 5.81. The molecule has 2 aliphatic heterocycles. The predicted molar refractivity (Wildman–Crippen MR) is 67.2 cm³/mol. The Morgan fingerprint density at radius 1 is 1.30 bits per heavy atom. The fraction of sp³-hybridized carbons (Fsp3) is 0.923. The van der Waals surface area contributed by atoms with Gasteiger partial charge in [0.05, 0.1) is 18.1 Å². The Labute approximate surface area is 116 Å². The van der Waals surface area contributed by atoms with Crippen LogP contribution < -0.4 is 10.6 Å². The van der Waals surface area contributed by atoms with Crippen LogP contribution in [-0.4, -0.2) is 43.9 Å². The summed E-state index contributed by atoms with van der Waals surface area (Å²) in [6.07, 6.45) is -0.871. The predicted octanol–water partition coefficient (Wildman–Crippen LogP) is 1.60. The monoisotopic (exact) mass is 294 g/mol. The Bertz CT molecular complexity index is 322. The van der Waals surface area contributed by atoms with Crippen molar-refractivity contribution in [2.45, 2.75) is 50.4 Å². The van der Waals surface area contributed by atoms with Gasteiger partial charge in [-0.2, -0.15) is 13.2 Å². The van der Waals surface area contributed by atoms with Crippen LogP contribution in [0.2, 0.25) is 0 Å². The van der Waals surface area contributed by atoms with Gasteiger partial charge in [-0.3, -0.25) is 4.79 Å². The van der Waals surface area contributed by atoms with Crippen LogP contribution in [0.15, 0.2) is 0 Å². The molecule has 0 saturated carbocycles. The van der Waals surface area contributed by atoms with Gasteiger partial charge in [-0.05, 0) is 32.1 Å². The quantitative estimate of drug-likeness (QED) is 0.828. The minimum Gasteiger partial charge on any atom is -0.378 e. The van der Waals surface area contributed by atoms with Crippen LogP contribution >= 0.6 is 0 Å². The minimum absolute atomic E-state index is 0.0142. The minimum atomic E-state index is -4.17. The summed E-state index contributed by atoms with van der Waals surface area (Å²) in [6.45, 7) is 1.12. The average Bonchev–Trinajstić information content (AvgIpc) is 2.91. The van der Waals surface area contributed by atoms with E-state index in [1.54, 1.807) is 0 Å². The van der Waals surface area contributed by atoms with Crippen LogP contribution in [0.25, 0.3) is 0 Å². The van der Waals surface area contributed by atoms with E-state index in [-0.39, 0.29) is 31.4 Å². The fourth-order valence-electron chi connectivity index (χ4n) is 2.71. The Morgan fingerprint density at radius 2 is 2.10 bits per heavy atom. The molecule has 20 heavy (non-hydrogen) atoms. The number of alkyl halides is 3. The van der Waals surface area contributed by atoms with Gasteiger partial charge in [0.15, 0.2) is 0 Å². The van der Waals surface area contributed by atoms with Crippen LogP contribution in [0.4, 0.5) is 13.2 Å². The van der Waals surface area contributed by atoms with Gasteiger partial charge in [-0.15, -0.1) is 0 Å². The maximum absolute atomic E-state index is 12.5. The molecule has 0 aromatic rings. The lowest BCUT2D eigenvalue weighted by Crippen LogP contribution is -2.51. The van der Waals surface area contributed by atoms with Gasteiger partial charge < -0.3 is 15.4 Å². The summed E-state index contributed by atoms with van der Waals surface area (Å²) in [5.41, 5.74) is 0. The first-order valence-corrected chi connectivity index (χ1v) is 7.16. The lowest BCUT2D eigenvalue weighted by Gasteiger charge is -2.30. The summed E-state index contributed by atoms with van der Waals surface area (Å²) in [5, 5.41) is 5.46. The molecule has 0 radical (unpaired) electrons. The van der Waals surface area contributed by atoms with E-state index in [2.05, 4.69) is 10.6 Å². The van der Waals surface area contributed by atoms with E-state index in [1.165, 1.54) is 0 Å². The molecule has 0 bridgehead atoms. The molecular formula is C13H21F3N2O2. The van der Waals surface area contributed by atoms with Crippen molar-refractivity contribution in [3.8, 4) is 0 Å². The number of halogens is 3. The van der Waals surface area contributed by atoms with E-state index in [9.17, 15) is 18.0 Å². The third-order valence-electron chi connectivity index (χ3n) is 3.98. The van der Waals surface area contributed by atoms with Crippen LogP contribution in [0.5, 0.6) is 0 Å². The molecule has 0 aromatic heterocycles. The lowest BCUT2D eigenvalue weighted by atomic mass is 9.94. The normalized spacial score (nSPS) is 31.2. The molecule has 2 saturated heterocycles. The summed E-state index contributed by atoms with van der Waals surface area (Å²) < 4.78 is 42.9. The molecule has 2 rings (SSSR count). The van der Waals surface area contributed by atoms with Crippen molar-refractivity contribution in [3.05, 3.63) is 0 Å². The molecule has 2 heterocycles. The number of hydrogen-bond donors (Lipinski definition) is 2. The summed E-state index contributed by atoms with van der Waals surface area (Å²) in [7, 11) is 0. The van der Waals surface area contributed by atoms with E-state index in [0.29, 0.717) is 6.54 Å². The van der Waals surface area contributed by atoms with Gasteiger partial charge in [0, 0.05) is 19.7 Å². The third kappa shape index (κ3) is 4.34. The highest BCUT2D eigenvalue weighted by Crippen LogP contribution is 2.31. The first-order valence-electron chi connectivity index (χ1n) is 7.16. The molecule has 3 unspecified atom stereocenters. The molecule has 116 valence electrons. The zero-order chi connectivity index (χ0) is 14.6. The van der Waals surface area contributed by atoms with Crippen molar-refractivity contribution in [1.29, 1.82) is 0 Å². The summed E-state index contributed by atoms with van der Waals surface area (Å²) in [4.78, 5) is 11.8. The molecule has 2 aliphatic rings. The second kappa shape index (κ2) is 6.76. The van der Waals surface area contributed by atoms with Gasteiger partial charge >= 0.3 is 6.18 Å². The first kappa shape index (κ1) is 15.6. The Kier molecular flexibility index (Phi) is 5.26. The van der Waals surface area contributed by atoms with Crippen molar-refractivity contribution in [2.24, 2.45) is 5.92 Å². The standard InChI is InChI=1S/C13H21F3N2O2/c14-13(15,16)9-3-4-11(18-8-9)12(19)17-6-5-10-2-1-7-20-10/h9-11,18H,1-8H2,(H,17,19). The molecular weight excluding hydrogens is 273 g/mol. The van der Waals surface area contributed by atoms with Crippen molar-refractivity contribution in [3.63, 3.8) is 0 Å². The number of piperidine rings is 1. The molecule has 4 nitrogen and oxygen atoms in total. The molecule has 0 aromatic carbocycles. The largest absolute Gasteiger partial charge is 0.393 e. The highest BCUT2D eigenvalue weighted by Gasteiger charge is 2.42. The van der Waals surface area contributed by atoms with Crippen LogP contribution in [0.1, 0.15) is 32.1 Å². The molecule has 2 N–H and O–H groups in total. The molecule has 0 spiro atoms. The lowest BCUT2D eigenvalue weighted by molar-refractivity contribution is -0.180. The Hall–Kier alpha value is -0.820. The van der Waals surface area contributed by atoms with Gasteiger partial charge in [0.2, 0.25) is 5.91 Å². The molecule has 7 heteroatoms. The van der Waals surface area contributed by atoms with E-state index in [4.69, 9.17) is 4.74 Å². The van der Waals surface area contributed by atoms with Gasteiger partial charge in [-0.25, -0.2) is 0 Å². The summed E-state index contributed by atoms with van der Waals surface area (Å²) in [6, 6.07) is -0.502. The number of carbonyl (C=O) groups excluding carboxylic acids is 1. The first-order chi connectivity index (χ1) is 9.47. The third-order valence-corrected chi connectivity index (χ3v) is 3.98. The van der Waals surface area contributed by atoms with Crippen LogP contribution in [0.3, 0.4) is 0 Å².